The highest BCUT2D eigenvalue weighted by Crippen LogP contribution is 2.51. The van der Waals surface area contributed by atoms with Gasteiger partial charge < -0.3 is 31.3 Å². The number of alkyl halides is 2. The number of aliphatic carboxylic acids is 1. The quantitative estimate of drug-likeness (QED) is 0.298. The lowest BCUT2D eigenvalue weighted by Gasteiger charge is -2.47. The van der Waals surface area contributed by atoms with Crippen LogP contribution in [0.1, 0.15) is 26.7 Å². The molecule has 200 valence electrons. The highest BCUT2D eigenvalue weighted by Gasteiger charge is 2.60. The number of carboxylic acid groups (broad SMARTS) is 1. The Morgan fingerprint density at radius 1 is 1.33 bits per heavy atom. The van der Waals surface area contributed by atoms with Crippen molar-refractivity contribution in [1.82, 2.24) is 20.4 Å². The number of nitrogens with zero attached hydrogens (tertiary/aromatic N) is 2. The van der Waals surface area contributed by atoms with Crippen molar-refractivity contribution in [1.29, 1.82) is 0 Å². The van der Waals surface area contributed by atoms with Crippen LogP contribution < -0.4 is 16.4 Å². The number of amides is 3. The minimum Gasteiger partial charge on any atom is -0.477 e. The van der Waals surface area contributed by atoms with Gasteiger partial charge >= 0.3 is 5.97 Å². The molecule has 4 heterocycles. The van der Waals surface area contributed by atoms with Crippen LogP contribution >= 0.6 is 23.5 Å². The first-order valence-electron chi connectivity index (χ1n) is 11.9. The zero-order valence-corrected chi connectivity index (χ0v) is 21.6. The number of hydrogen-bond acceptors (Lipinski definition) is 8. The molecule has 0 radical (unpaired) electrons. The van der Waals surface area contributed by atoms with Gasteiger partial charge in [0.1, 0.15) is 5.70 Å². The molecule has 0 aromatic carbocycles. The summed E-state index contributed by atoms with van der Waals surface area (Å²) in [5.41, 5.74) is 5.87. The van der Waals surface area contributed by atoms with Gasteiger partial charge in [-0.3, -0.25) is 14.4 Å². The van der Waals surface area contributed by atoms with Crippen LogP contribution in [0, 0.1) is 11.8 Å². The van der Waals surface area contributed by atoms with Gasteiger partial charge in [-0.05, 0) is 19.8 Å². The summed E-state index contributed by atoms with van der Waals surface area (Å²) >= 11 is 1.59. The third kappa shape index (κ3) is 5.22. The highest BCUT2D eigenvalue weighted by atomic mass is 32.2. The highest BCUT2D eigenvalue weighted by molar-refractivity contribution is 8.03. The molecule has 4 rings (SSSR count). The molecular formula is C22H31F2N5O5S2. The first-order valence-corrected chi connectivity index (χ1v) is 13.9. The van der Waals surface area contributed by atoms with E-state index in [0.29, 0.717) is 31.0 Å². The van der Waals surface area contributed by atoms with E-state index in [1.165, 1.54) is 16.7 Å². The van der Waals surface area contributed by atoms with Crippen LogP contribution in [0.15, 0.2) is 10.6 Å². The first-order chi connectivity index (χ1) is 17.0. The van der Waals surface area contributed by atoms with Gasteiger partial charge in [0.05, 0.1) is 23.8 Å². The minimum atomic E-state index is -2.67. The first kappa shape index (κ1) is 27.1. The Morgan fingerprint density at radius 3 is 2.67 bits per heavy atom. The second-order valence-electron chi connectivity index (χ2n) is 9.73. The fourth-order valence-electron chi connectivity index (χ4n) is 5.59. The van der Waals surface area contributed by atoms with Crippen LogP contribution in [0.3, 0.4) is 0 Å². The Balaban J connectivity index is 1.40. The molecule has 0 aliphatic carbocycles. The lowest BCUT2D eigenvalue weighted by Crippen LogP contribution is -2.66. The van der Waals surface area contributed by atoms with Crippen LogP contribution in [0.5, 0.6) is 0 Å². The zero-order chi connectivity index (χ0) is 26.3. The number of β-lactam (4-membered cyclic amide) rings is 1. The number of nitrogens with two attached hydrogens (primary N) is 1. The van der Waals surface area contributed by atoms with Crippen LogP contribution in [0.25, 0.3) is 0 Å². The lowest BCUT2D eigenvalue weighted by molar-refractivity contribution is -0.158. The third-order valence-electron chi connectivity index (χ3n) is 7.28. The molecule has 3 amide bonds. The smallest absolute Gasteiger partial charge is 0.353 e. The van der Waals surface area contributed by atoms with Gasteiger partial charge in [-0.1, -0.05) is 18.7 Å². The van der Waals surface area contributed by atoms with Crippen molar-refractivity contribution in [2.24, 2.45) is 17.6 Å². The van der Waals surface area contributed by atoms with Crippen molar-refractivity contribution in [3.05, 3.63) is 10.6 Å². The van der Waals surface area contributed by atoms with E-state index in [2.05, 4.69) is 10.6 Å². The Hall–Kier alpha value is -1.90. The number of carbonyl (C=O) groups excluding carboxylic acids is 3. The van der Waals surface area contributed by atoms with E-state index in [1.807, 2.05) is 6.92 Å². The second-order valence-corrected chi connectivity index (χ2v) is 12.0. The lowest BCUT2D eigenvalue weighted by atomic mass is 9.78. The largest absolute Gasteiger partial charge is 0.477 e. The number of thioether (sulfide) groups is 2. The van der Waals surface area contributed by atoms with Gasteiger partial charge in [-0.25, -0.2) is 4.79 Å². The SMILES string of the molecule is C[C@@H](NC(=O)CSC(F)F)[C@H]1C(=O)N2C(C(=O)O)=C(S[C@@H]3CN[C@H](C(=O)N4CC[C@@H](N)C4)C3)[C@H](C)[C@H]12. The van der Waals surface area contributed by atoms with Crippen molar-refractivity contribution in [3.63, 3.8) is 0 Å². The normalized spacial score (nSPS) is 32.7. The molecule has 0 spiro atoms. The van der Waals surface area contributed by atoms with Crippen LogP contribution in [-0.2, 0) is 19.2 Å². The maximum absolute atomic E-state index is 13.0. The average Bonchev–Trinajstić information content (AvgIpc) is 3.50. The average molecular weight is 548 g/mol. The maximum atomic E-state index is 13.0. The summed E-state index contributed by atoms with van der Waals surface area (Å²) < 4.78 is 24.8. The molecule has 4 aliphatic heterocycles. The summed E-state index contributed by atoms with van der Waals surface area (Å²) in [6.45, 7) is 5.19. The van der Waals surface area contributed by atoms with E-state index in [4.69, 9.17) is 5.73 Å². The number of carbonyl (C=O) groups is 4. The van der Waals surface area contributed by atoms with E-state index in [-0.39, 0.29) is 46.6 Å². The summed E-state index contributed by atoms with van der Waals surface area (Å²) in [4.78, 5) is 53.6. The van der Waals surface area contributed by atoms with Gasteiger partial charge in [0.15, 0.2) is 0 Å². The minimum absolute atomic E-state index is 0.00610. The molecule has 0 aromatic rings. The number of fused-ring (bicyclic) bond motifs is 1. The number of hydrogen-bond donors (Lipinski definition) is 4. The molecule has 10 nitrogen and oxygen atoms in total. The molecule has 36 heavy (non-hydrogen) atoms. The molecule has 7 atom stereocenters. The van der Waals surface area contributed by atoms with E-state index in [9.17, 15) is 33.1 Å². The molecule has 14 heteroatoms. The van der Waals surface area contributed by atoms with Crippen molar-refractivity contribution in [2.45, 2.75) is 61.9 Å². The molecule has 4 aliphatic rings. The van der Waals surface area contributed by atoms with Gasteiger partial charge in [0.25, 0.3) is 5.76 Å². The molecule has 0 bridgehead atoms. The maximum Gasteiger partial charge on any atom is 0.353 e. The molecule has 0 unspecified atom stereocenters. The van der Waals surface area contributed by atoms with Gasteiger partial charge in [-0.2, -0.15) is 8.78 Å². The van der Waals surface area contributed by atoms with Crippen molar-refractivity contribution >= 4 is 47.2 Å². The Labute approximate surface area is 216 Å². The van der Waals surface area contributed by atoms with Crippen LogP contribution in [-0.4, -0.2) is 99.2 Å². The van der Waals surface area contributed by atoms with Crippen LogP contribution in [0.2, 0.25) is 0 Å². The molecule has 0 aromatic heterocycles. The van der Waals surface area contributed by atoms with Gasteiger partial charge in [0, 0.05) is 47.8 Å². The Morgan fingerprint density at radius 2 is 2.06 bits per heavy atom. The molecular weight excluding hydrogens is 516 g/mol. The predicted octanol–water partition coefficient (Wildman–Crippen LogP) is 0.243. The van der Waals surface area contributed by atoms with Crippen LogP contribution in [0.4, 0.5) is 8.78 Å². The molecule has 5 N–H and O–H groups in total. The standard InChI is InChI=1S/C22H31F2N5O5S2/c1-9-16-15(10(2)27-14(30)8-35-22(23)24)20(32)29(16)17(21(33)34)18(9)36-12-5-13(26-6-12)19(31)28-4-3-11(25)7-28/h9-13,15-16,22,26H,3-8,25H2,1-2H3,(H,27,30)(H,33,34)/t9-,10-,11-,12+,13+,15-,16-/m1/s1. The predicted molar refractivity (Wildman–Crippen MR) is 131 cm³/mol. The van der Waals surface area contributed by atoms with Crippen molar-refractivity contribution < 1.29 is 33.1 Å². The monoisotopic (exact) mass is 547 g/mol. The molecule has 3 fully saturated rings. The number of nitrogens with one attached hydrogen (secondary N) is 2. The molecule has 3 saturated heterocycles. The zero-order valence-electron chi connectivity index (χ0n) is 20.0. The summed E-state index contributed by atoms with van der Waals surface area (Å²) in [5.74, 6) is -6.23. The summed E-state index contributed by atoms with van der Waals surface area (Å²) in [5, 5.41) is 15.7. The third-order valence-corrected chi connectivity index (χ3v) is 9.47. The topological polar surface area (TPSA) is 145 Å². The van der Waals surface area contributed by atoms with Crippen molar-refractivity contribution in [2.75, 3.05) is 25.4 Å². The van der Waals surface area contributed by atoms with E-state index in [1.54, 1.807) is 11.8 Å². The second kappa shape index (κ2) is 10.8. The van der Waals surface area contributed by atoms with E-state index in [0.717, 1.165) is 6.42 Å². The molecule has 0 saturated carbocycles. The number of halogens is 2. The van der Waals surface area contributed by atoms with Gasteiger partial charge in [0.2, 0.25) is 17.7 Å². The fourth-order valence-corrected chi connectivity index (χ4v) is 7.43. The Kier molecular flexibility index (Phi) is 8.17. The van der Waals surface area contributed by atoms with E-state index < -0.39 is 47.3 Å². The van der Waals surface area contributed by atoms with Gasteiger partial charge in [-0.15, -0.1) is 11.8 Å². The summed E-state index contributed by atoms with van der Waals surface area (Å²) in [7, 11) is 0. The number of carboxylic acids is 1. The summed E-state index contributed by atoms with van der Waals surface area (Å²) in [6, 6.07) is -1.44. The van der Waals surface area contributed by atoms with E-state index >= 15 is 0 Å². The number of rotatable bonds is 9. The fraction of sp³-hybridized carbons (Fsp3) is 0.727. The Bertz CT molecular complexity index is 969. The number of likely N-dealkylation sites (tertiary alicyclic amines) is 1. The van der Waals surface area contributed by atoms with Crippen molar-refractivity contribution in [3.8, 4) is 0 Å². The summed E-state index contributed by atoms with van der Waals surface area (Å²) in [6.07, 6.45) is 1.31.